The zero-order chi connectivity index (χ0) is 9.19. The fourth-order valence-corrected chi connectivity index (χ4v) is 1.07. The first-order valence-corrected chi connectivity index (χ1v) is 4.43. The lowest BCUT2D eigenvalue weighted by Crippen LogP contribution is -2.07. The summed E-state index contributed by atoms with van der Waals surface area (Å²) in [6.45, 7) is 0.674. The summed E-state index contributed by atoms with van der Waals surface area (Å²) in [6, 6.07) is 0. The first-order valence-electron chi connectivity index (χ1n) is 3.29. The smallest absolute Gasteiger partial charge is 0.248 e. The van der Waals surface area contributed by atoms with E-state index in [0.717, 1.165) is 5.69 Å². The summed E-state index contributed by atoms with van der Waals surface area (Å²) in [7, 11) is 1.83. The Morgan fingerprint density at radius 1 is 1.58 bits per heavy atom. The van der Waals surface area contributed by atoms with E-state index in [1.807, 2.05) is 7.05 Å². The number of rotatable bonds is 2. The van der Waals surface area contributed by atoms with E-state index in [1.54, 1.807) is 6.20 Å². The van der Waals surface area contributed by atoms with Gasteiger partial charge in [0, 0.05) is 18.4 Å². The number of alkyl halides is 3. The summed E-state index contributed by atoms with van der Waals surface area (Å²) in [5.41, 5.74) is 0.888. The normalized spacial score (nSPS) is 12.0. The van der Waals surface area contributed by atoms with E-state index in [1.165, 1.54) is 0 Å². The van der Waals surface area contributed by atoms with Crippen LogP contribution in [0.25, 0.3) is 0 Å². The van der Waals surface area contributed by atoms with Gasteiger partial charge in [0.25, 0.3) is 0 Å². The van der Waals surface area contributed by atoms with Crippen LogP contribution < -0.4 is 5.32 Å². The van der Waals surface area contributed by atoms with Crippen molar-refractivity contribution in [2.45, 2.75) is 10.3 Å². The van der Waals surface area contributed by atoms with Crippen LogP contribution in [0.4, 0.5) is 0 Å². The number of nitrogens with zero attached hydrogens (tertiary/aromatic N) is 1. The summed E-state index contributed by atoms with van der Waals surface area (Å²) >= 11 is 16.8. The van der Waals surface area contributed by atoms with Crippen molar-refractivity contribution in [1.29, 1.82) is 0 Å². The molecule has 0 bridgehead atoms. The number of H-pyrrole nitrogens is 1. The molecule has 0 saturated heterocycles. The van der Waals surface area contributed by atoms with E-state index in [-0.39, 0.29) is 0 Å². The lowest BCUT2D eigenvalue weighted by molar-refractivity contribution is 0.793. The van der Waals surface area contributed by atoms with Crippen molar-refractivity contribution in [2.24, 2.45) is 0 Å². The Labute approximate surface area is 85.4 Å². The van der Waals surface area contributed by atoms with Crippen molar-refractivity contribution < 1.29 is 0 Å². The molecule has 6 heteroatoms. The number of aromatic nitrogens is 2. The zero-order valence-electron chi connectivity index (χ0n) is 6.37. The first-order chi connectivity index (χ1) is 5.54. The van der Waals surface area contributed by atoms with Crippen LogP contribution >= 0.6 is 34.8 Å². The van der Waals surface area contributed by atoms with Crippen molar-refractivity contribution in [3.63, 3.8) is 0 Å². The molecule has 1 rings (SSSR count). The molecule has 0 saturated carbocycles. The van der Waals surface area contributed by atoms with Crippen LogP contribution in [0, 0.1) is 0 Å². The summed E-state index contributed by atoms with van der Waals surface area (Å²) in [4.78, 5) is 6.80. The van der Waals surface area contributed by atoms with Crippen molar-refractivity contribution >= 4 is 34.8 Å². The molecule has 0 spiro atoms. The molecule has 1 heterocycles. The van der Waals surface area contributed by atoms with Crippen molar-refractivity contribution in [3.05, 3.63) is 17.7 Å². The fourth-order valence-electron chi connectivity index (χ4n) is 0.783. The Kier molecular flexibility index (Phi) is 3.23. The van der Waals surface area contributed by atoms with Gasteiger partial charge in [-0.05, 0) is 7.05 Å². The summed E-state index contributed by atoms with van der Waals surface area (Å²) in [5, 5.41) is 2.95. The molecule has 0 unspecified atom stereocenters. The number of nitrogens with one attached hydrogen (secondary N) is 2. The minimum Gasteiger partial charge on any atom is -0.341 e. The molecule has 12 heavy (non-hydrogen) atoms. The molecule has 3 nitrogen and oxygen atoms in total. The average Bonchev–Trinajstić information content (AvgIpc) is 2.35. The molecule has 68 valence electrons. The van der Waals surface area contributed by atoms with Gasteiger partial charge in [-0.3, -0.25) is 0 Å². The molecule has 0 fully saturated rings. The molecular formula is C6H8Cl3N3. The molecule has 0 aliphatic heterocycles. The molecule has 0 atom stereocenters. The summed E-state index contributed by atoms with van der Waals surface area (Å²) < 4.78 is -1.47. The fraction of sp³-hybridized carbons (Fsp3) is 0.500. The quantitative estimate of drug-likeness (QED) is 0.760. The third kappa shape index (κ3) is 2.52. The maximum absolute atomic E-state index is 5.59. The molecule has 0 radical (unpaired) electrons. The Balaban J connectivity index is 2.77. The van der Waals surface area contributed by atoms with Crippen LogP contribution in [0.5, 0.6) is 0 Å². The number of aromatic amines is 1. The molecule has 2 N–H and O–H groups in total. The number of hydrogen-bond donors (Lipinski definition) is 2. The minimum atomic E-state index is -1.47. The molecule has 0 aliphatic carbocycles. The predicted molar refractivity (Wildman–Crippen MR) is 50.6 cm³/mol. The predicted octanol–water partition coefficient (Wildman–Crippen LogP) is 1.96. The lowest BCUT2D eigenvalue weighted by atomic mass is 10.5. The molecule has 0 aromatic carbocycles. The second kappa shape index (κ2) is 3.83. The third-order valence-corrected chi connectivity index (χ3v) is 1.80. The molecule has 1 aromatic rings. The van der Waals surface area contributed by atoms with Gasteiger partial charge in [0.1, 0.15) is 0 Å². The summed E-state index contributed by atoms with van der Waals surface area (Å²) in [6.07, 6.45) is 1.63. The van der Waals surface area contributed by atoms with E-state index in [0.29, 0.717) is 12.4 Å². The highest BCUT2D eigenvalue weighted by Gasteiger charge is 2.26. The van der Waals surface area contributed by atoms with Crippen molar-refractivity contribution in [2.75, 3.05) is 7.05 Å². The Hall–Kier alpha value is 0.0400. The van der Waals surface area contributed by atoms with Gasteiger partial charge in [-0.15, -0.1) is 0 Å². The average molecular weight is 229 g/mol. The SMILES string of the molecule is CNCc1cnc(C(Cl)(Cl)Cl)[nH]1. The maximum atomic E-state index is 5.59. The Bertz CT molecular complexity index is 253. The third-order valence-electron chi connectivity index (χ3n) is 1.26. The van der Waals surface area contributed by atoms with Gasteiger partial charge in [0.05, 0.1) is 0 Å². The molecule has 0 aliphatic rings. The molecule has 1 aromatic heterocycles. The van der Waals surface area contributed by atoms with Gasteiger partial charge < -0.3 is 10.3 Å². The van der Waals surface area contributed by atoms with Gasteiger partial charge >= 0.3 is 0 Å². The van der Waals surface area contributed by atoms with Crippen LogP contribution in [-0.2, 0) is 10.3 Å². The Morgan fingerprint density at radius 3 is 2.67 bits per heavy atom. The van der Waals surface area contributed by atoms with Crippen LogP contribution in [-0.4, -0.2) is 17.0 Å². The van der Waals surface area contributed by atoms with Gasteiger partial charge in [-0.2, -0.15) is 0 Å². The highest BCUT2D eigenvalue weighted by Crippen LogP contribution is 2.35. The molecule has 0 amide bonds. The Morgan fingerprint density at radius 2 is 2.25 bits per heavy atom. The van der Waals surface area contributed by atoms with Crippen LogP contribution in [0.3, 0.4) is 0 Å². The second-order valence-electron chi connectivity index (χ2n) is 2.29. The lowest BCUT2D eigenvalue weighted by Gasteiger charge is -2.05. The maximum Gasteiger partial charge on any atom is 0.248 e. The standard InChI is InChI=1S/C6H8Cl3N3/c1-10-2-4-3-11-5(12-4)6(7,8)9/h3,10H,2H2,1H3,(H,11,12). The van der Waals surface area contributed by atoms with Crippen molar-refractivity contribution in [3.8, 4) is 0 Å². The first kappa shape index (κ1) is 10.1. The van der Waals surface area contributed by atoms with E-state index in [9.17, 15) is 0 Å². The van der Waals surface area contributed by atoms with Crippen molar-refractivity contribution in [1.82, 2.24) is 15.3 Å². The largest absolute Gasteiger partial charge is 0.341 e. The van der Waals surface area contributed by atoms with Gasteiger partial charge in [-0.25, -0.2) is 4.98 Å². The number of hydrogen-bond acceptors (Lipinski definition) is 2. The highest BCUT2D eigenvalue weighted by atomic mass is 35.6. The van der Waals surface area contributed by atoms with E-state index >= 15 is 0 Å². The van der Waals surface area contributed by atoms with Crippen LogP contribution in [0.2, 0.25) is 0 Å². The van der Waals surface area contributed by atoms with Gasteiger partial charge in [0.2, 0.25) is 3.79 Å². The monoisotopic (exact) mass is 227 g/mol. The molecular weight excluding hydrogens is 220 g/mol. The highest BCUT2D eigenvalue weighted by molar-refractivity contribution is 6.66. The number of halogens is 3. The van der Waals surface area contributed by atoms with Crippen LogP contribution in [0.1, 0.15) is 11.5 Å². The van der Waals surface area contributed by atoms with E-state index < -0.39 is 3.79 Å². The topological polar surface area (TPSA) is 40.7 Å². The van der Waals surface area contributed by atoms with E-state index in [2.05, 4.69) is 15.3 Å². The van der Waals surface area contributed by atoms with E-state index in [4.69, 9.17) is 34.8 Å². The van der Waals surface area contributed by atoms with Gasteiger partial charge in [0.15, 0.2) is 5.82 Å². The number of imidazole rings is 1. The zero-order valence-corrected chi connectivity index (χ0v) is 8.63. The van der Waals surface area contributed by atoms with Gasteiger partial charge in [-0.1, -0.05) is 34.8 Å². The van der Waals surface area contributed by atoms with Crippen LogP contribution in [0.15, 0.2) is 6.20 Å². The minimum absolute atomic E-state index is 0.345. The second-order valence-corrected chi connectivity index (χ2v) is 4.57. The summed E-state index contributed by atoms with van der Waals surface area (Å²) in [5.74, 6) is 0.345.